The van der Waals surface area contributed by atoms with Gasteiger partial charge in [0.15, 0.2) is 12.6 Å². The number of aryl methyl sites for hydroxylation is 1. The summed E-state index contributed by atoms with van der Waals surface area (Å²) in [6.07, 6.45) is 1.69. The number of fused-ring (bicyclic) bond motifs is 2. The maximum absolute atomic E-state index is 14.2. The van der Waals surface area contributed by atoms with Crippen LogP contribution in [0, 0.1) is 12.7 Å². The monoisotopic (exact) mass is 580 g/mol. The Morgan fingerprint density at radius 1 is 1.11 bits per heavy atom. The minimum absolute atomic E-state index is 0.0900. The molecule has 0 aliphatic carbocycles. The van der Waals surface area contributed by atoms with Crippen molar-refractivity contribution in [3.8, 4) is 17.2 Å². The minimum Gasteiger partial charge on any atom is -0.507 e. The van der Waals surface area contributed by atoms with Crippen LogP contribution in [-0.4, -0.2) is 48.8 Å². The first-order valence-corrected chi connectivity index (χ1v) is 13.2. The number of ketones is 1. The lowest BCUT2D eigenvalue weighted by Gasteiger charge is -2.36. The van der Waals surface area contributed by atoms with Gasteiger partial charge in [0.25, 0.3) is 0 Å². The Balaban J connectivity index is 1.26. The van der Waals surface area contributed by atoms with E-state index >= 15 is 0 Å². The second-order valence-corrected chi connectivity index (χ2v) is 10.6. The number of hydrogen-bond donors (Lipinski definition) is 1. The van der Waals surface area contributed by atoms with Crippen molar-refractivity contribution in [1.82, 2.24) is 4.90 Å². The maximum atomic E-state index is 14.2. The largest absolute Gasteiger partial charge is 0.507 e. The summed E-state index contributed by atoms with van der Waals surface area (Å²) in [6, 6.07) is 12.2. The second-order valence-electron chi connectivity index (χ2n) is 9.64. The predicted octanol–water partition coefficient (Wildman–Crippen LogP) is 5.41. The lowest BCUT2D eigenvalue weighted by molar-refractivity contribution is -0.0165. The van der Waals surface area contributed by atoms with Crippen LogP contribution in [0.2, 0.25) is 0 Å². The van der Waals surface area contributed by atoms with Crippen LogP contribution in [0.4, 0.5) is 10.1 Å². The van der Waals surface area contributed by atoms with Gasteiger partial charge in [0, 0.05) is 48.3 Å². The molecule has 0 saturated carbocycles. The lowest BCUT2D eigenvalue weighted by Crippen LogP contribution is -2.46. The van der Waals surface area contributed by atoms with Gasteiger partial charge in [-0.05, 0) is 48.9 Å². The molecule has 3 aromatic rings. The molecule has 0 aromatic heterocycles. The molecule has 0 atom stereocenters. The molecular formula is C29H26BrFN2O5. The molecule has 3 heterocycles. The van der Waals surface area contributed by atoms with E-state index in [1.54, 1.807) is 31.2 Å². The Hall–Kier alpha value is -3.40. The van der Waals surface area contributed by atoms with Crippen molar-refractivity contribution in [3.05, 3.63) is 86.3 Å². The Morgan fingerprint density at radius 3 is 2.68 bits per heavy atom. The summed E-state index contributed by atoms with van der Waals surface area (Å²) >= 11 is 3.52. The first-order valence-electron chi connectivity index (χ1n) is 12.4. The topological polar surface area (TPSA) is 71.5 Å². The van der Waals surface area contributed by atoms with Crippen LogP contribution in [0.1, 0.15) is 32.6 Å². The number of anilines is 1. The number of Topliss-reactive ketones (excluding diaryl/α,β-unsaturated/α-hetero) is 1. The predicted molar refractivity (Wildman–Crippen MR) is 144 cm³/mol. The summed E-state index contributed by atoms with van der Waals surface area (Å²) in [5, 5.41) is 10.9. The van der Waals surface area contributed by atoms with Crippen LogP contribution >= 0.6 is 15.9 Å². The number of rotatable bonds is 4. The highest BCUT2D eigenvalue weighted by Gasteiger charge is 2.34. The zero-order valence-electron chi connectivity index (χ0n) is 20.8. The smallest absolute Gasteiger partial charge is 0.232 e. The molecule has 1 saturated heterocycles. The van der Waals surface area contributed by atoms with Crippen LogP contribution in [0.25, 0.3) is 6.08 Å². The summed E-state index contributed by atoms with van der Waals surface area (Å²) in [7, 11) is 0. The highest BCUT2D eigenvalue weighted by atomic mass is 79.9. The normalized spacial score (nSPS) is 18.2. The van der Waals surface area contributed by atoms with Gasteiger partial charge in [-0.3, -0.25) is 9.69 Å². The fraction of sp³-hybridized carbons (Fsp3) is 0.276. The Morgan fingerprint density at radius 2 is 1.89 bits per heavy atom. The van der Waals surface area contributed by atoms with Crippen molar-refractivity contribution in [2.24, 2.45) is 0 Å². The van der Waals surface area contributed by atoms with Crippen molar-refractivity contribution in [2.75, 3.05) is 37.9 Å². The summed E-state index contributed by atoms with van der Waals surface area (Å²) in [6.45, 7) is 5.42. The van der Waals surface area contributed by atoms with E-state index in [-0.39, 0.29) is 29.9 Å². The number of ether oxygens (including phenoxy) is 3. The zero-order valence-corrected chi connectivity index (χ0v) is 22.4. The number of benzene rings is 3. The number of phenolic OH excluding ortho intramolecular Hbond substituents is 1. The van der Waals surface area contributed by atoms with Gasteiger partial charge in [-0.2, -0.15) is 0 Å². The van der Waals surface area contributed by atoms with Crippen LogP contribution in [0.5, 0.6) is 17.2 Å². The number of para-hydroxylation sites is 1. The van der Waals surface area contributed by atoms with Crippen molar-refractivity contribution in [1.29, 1.82) is 0 Å². The van der Waals surface area contributed by atoms with E-state index in [0.29, 0.717) is 78.8 Å². The van der Waals surface area contributed by atoms with Crippen molar-refractivity contribution in [3.63, 3.8) is 0 Å². The molecule has 3 aliphatic rings. The van der Waals surface area contributed by atoms with Gasteiger partial charge in [0.05, 0.1) is 23.4 Å². The number of halogens is 2. The number of hydrogen-bond acceptors (Lipinski definition) is 7. The number of nitrogens with zero attached hydrogens (tertiary/aromatic N) is 2. The quantitative estimate of drug-likeness (QED) is 0.414. The molecule has 0 spiro atoms. The molecular weight excluding hydrogens is 555 g/mol. The number of piperazine rings is 1. The summed E-state index contributed by atoms with van der Waals surface area (Å²) in [4.78, 5) is 17.7. The van der Waals surface area contributed by atoms with E-state index in [0.717, 1.165) is 10.0 Å². The summed E-state index contributed by atoms with van der Waals surface area (Å²) < 4.78 is 32.3. The second kappa shape index (κ2) is 10.1. The van der Waals surface area contributed by atoms with Gasteiger partial charge in [0.2, 0.25) is 5.78 Å². The number of allylic oxidation sites excluding steroid dienone is 1. The SMILES string of the molecule is Cc1cc(O)c(CN2CCN(c3ccccc3F)CC2)c2c1C(=O)/C(=C/c1cc(Br)cc3c1OCOC3)O2. The number of aromatic hydroxyl groups is 1. The number of phenols is 1. The fourth-order valence-corrected chi connectivity index (χ4v) is 5.79. The highest BCUT2D eigenvalue weighted by molar-refractivity contribution is 9.10. The van der Waals surface area contributed by atoms with Gasteiger partial charge in [0.1, 0.15) is 23.1 Å². The molecule has 0 amide bonds. The molecule has 9 heteroatoms. The molecule has 1 fully saturated rings. The zero-order chi connectivity index (χ0) is 26.4. The van der Waals surface area contributed by atoms with E-state index in [9.17, 15) is 14.3 Å². The van der Waals surface area contributed by atoms with E-state index in [1.807, 2.05) is 23.1 Å². The molecule has 7 nitrogen and oxygen atoms in total. The minimum atomic E-state index is -0.232. The van der Waals surface area contributed by atoms with Gasteiger partial charge >= 0.3 is 0 Å². The van der Waals surface area contributed by atoms with Gasteiger partial charge in [-0.1, -0.05) is 28.1 Å². The molecule has 0 bridgehead atoms. The van der Waals surface area contributed by atoms with E-state index in [2.05, 4.69) is 20.8 Å². The van der Waals surface area contributed by atoms with Crippen LogP contribution in [-0.2, 0) is 17.9 Å². The summed E-state index contributed by atoms with van der Waals surface area (Å²) in [5.41, 5.74) is 3.87. The van der Waals surface area contributed by atoms with E-state index in [1.165, 1.54) is 6.07 Å². The molecule has 196 valence electrons. The highest BCUT2D eigenvalue weighted by Crippen LogP contribution is 2.43. The lowest BCUT2D eigenvalue weighted by atomic mass is 9.98. The molecule has 3 aromatic carbocycles. The summed E-state index contributed by atoms with van der Waals surface area (Å²) in [5.74, 6) is 0.854. The van der Waals surface area contributed by atoms with Gasteiger partial charge < -0.3 is 24.2 Å². The van der Waals surface area contributed by atoms with Crippen molar-refractivity contribution in [2.45, 2.75) is 20.1 Å². The van der Waals surface area contributed by atoms with E-state index < -0.39 is 0 Å². The van der Waals surface area contributed by atoms with E-state index in [4.69, 9.17) is 14.2 Å². The van der Waals surface area contributed by atoms with Crippen LogP contribution < -0.4 is 14.4 Å². The molecule has 3 aliphatic heterocycles. The van der Waals surface area contributed by atoms with Gasteiger partial charge in [-0.15, -0.1) is 0 Å². The fourth-order valence-electron chi connectivity index (χ4n) is 5.27. The Kier molecular flexibility index (Phi) is 6.59. The van der Waals surface area contributed by atoms with Crippen LogP contribution in [0.15, 0.2) is 52.7 Å². The maximum Gasteiger partial charge on any atom is 0.232 e. The third-order valence-electron chi connectivity index (χ3n) is 7.16. The number of carbonyl (C=O) groups is 1. The molecule has 1 N–H and O–H groups in total. The third kappa shape index (κ3) is 4.55. The van der Waals surface area contributed by atoms with Crippen LogP contribution in [0.3, 0.4) is 0 Å². The number of carbonyl (C=O) groups excluding carboxylic acids is 1. The third-order valence-corrected chi connectivity index (χ3v) is 7.62. The van der Waals surface area contributed by atoms with Crippen molar-refractivity contribution < 1.29 is 28.5 Å². The molecule has 0 radical (unpaired) electrons. The standard InChI is InChI=1S/C29H26BrFN2O5/c1-17-10-24(34)21(14-32-6-8-33(9-7-32)23-5-3-2-4-22(23)31)29-26(17)27(35)25(38-29)13-18-11-20(30)12-19-15-36-16-37-28(18)19/h2-5,10-13,34H,6-9,14-16H2,1H3/b25-13-. The Labute approximate surface area is 228 Å². The molecule has 6 rings (SSSR count). The molecule has 0 unspecified atom stereocenters. The first-order chi connectivity index (χ1) is 18.4. The first kappa shape index (κ1) is 24.9. The van der Waals surface area contributed by atoms with Crippen molar-refractivity contribution >= 4 is 33.5 Å². The Bertz CT molecular complexity index is 1470. The molecule has 38 heavy (non-hydrogen) atoms. The average molecular weight is 581 g/mol. The van der Waals surface area contributed by atoms with Gasteiger partial charge in [-0.25, -0.2) is 4.39 Å². The average Bonchev–Trinajstić information content (AvgIpc) is 3.23.